The molecule has 0 bridgehead atoms. The second-order valence-electron chi connectivity index (χ2n) is 5.52. The first-order valence-electron chi connectivity index (χ1n) is 7.34. The summed E-state index contributed by atoms with van der Waals surface area (Å²) < 4.78 is 0. The van der Waals surface area contributed by atoms with Gasteiger partial charge >= 0.3 is 5.97 Å². The number of hydrogen-bond acceptors (Lipinski definition) is 2. The number of anilines is 1. The topological polar surface area (TPSA) is 40.5 Å². The lowest BCUT2D eigenvalue weighted by Crippen LogP contribution is -2.42. The van der Waals surface area contributed by atoms with Gasteiger partial charge in [0.05, 0.1) is 0 Å². The van der Waals surface area contributed by atoms with Gasteiger partial charge in [0.15, 0.2) is 0 Å². The molecule has 0 amide bonds. The third-order valence-electron chi connectivity index (χ3n) is 4.16. The van der Waals surface area contributed by atoms with E-state index in [1.54, 1.807) is 0 Å². The molecule has 0 fully saturated rings. The van der Waals surface area contributed by atoms with Crippen molar-refractivity contribution in [1.82, 2.24) is 0 Å². The van der Waals surface area contributed by atoms with Gasteiger partial charge in [-0.25, -0.2) is 0 Å². The SMILES string of the molecule is O=C(O)CN(c1ccccc1)C1CCc2ccccc2C1. The number of nitrogens with zero attached hydrogens (tertiary/aromatic N) is 1. The van der Waals surface area contributed by atoms with Crippen LogP contribution in [0.3, 0.4) is 0 Å². The molecule has 0 aliphatic heterocycles. The minimum absolute atomic E-state index is 0.0524. The second kappa shape index (κ2) is 6.00. The molecule has 1 aliphatic carbocycles. The van der Waals surface area contributed by atoms with Crippen LogP contribution in [0.2, 0.25) is 0 Å². The van der Waals surface area contributed by atoms with Crippen molar-refractivity contribution in [1.29, 1.82) is 0 Å². The van der Waals surface area contributed by atoms with Gasteiger partial charge in [-0.05, 0) is 42.5 Å². The lowest BCUT2D eigenvalue weighted by Gasteiger charge is -2.36. The molecule has 1 unspecified atom stereocenters. The normalized spacial score (nSPS) is 17.0. The molecule has 2 aromatic rings. The molecule has 0 heterocycles. The Hall–Kier alpha value is -2.29. The third-order valence-corrected chi connectivity index (χ3v) is 4.16. The molecule has 3 rings (SSSR count). The zero-order valence-electron chi connectivity index (χ0n) is 11.9. The van der Waals surface area contributed by atoms with E-state index in [9.17, 15) is 9.90 Å². The molecular weight excluding hydrogens is 262 g/mol. The highest BCUT2D eigenvalue weighted by Crippen LogP contribution is 2.27. The van der Waals surface area contributed by atoms with Gasteiger partial charge in [-0.2, -0.15) is 0 Å². The van der Waals surface area contributed by atoms with Crippen molar-refractivity contribution < 1.29 is 9.90 Å². The highest BCUT2D eigenvalue weighted by molar-refractivity contribution is 5.74. The Kier molecular flexibility index (Phi) is 3.91. The van der Waals surface area contributed by atoms with Crippen molar-refractivity contribution in [3.05, 3.63) is 65.7 Å². The summed E-state index contributed by atoms with van der Waals surface area (Å²) in [5.74, 6) is -0.780. The van der Waals surface area contributed by atoms with E-state index in [-0.39, 0.29) is 12.6 Å². The van der Waals surface area contributed by atoms with Gasteiger partial charge in [-0.1, -0.05) is 42.5 Å². The molecule has 2 aromatic carbocycles. The van der Waals surface area contributed by atoms with Crippen LogP contribution in [0, 0.1) is 0 Å². The first-order valence-corrected chi connectivity index (χ1v) is 7.34. The Balaban J connectivity index is 1.86. The van der Waals surface area contributed by atoms with Gasteiger partial charge in [0, 0.05) is 11.7 Å². The summed E-state index contributed by atoms with van der Waals surface area (Å²) in [6.45, 7) is 0.0524. The molecule has 1 aliphatic rings. The van der Waals surface area contributed by atoms with Crippen LogP contribution in [-0.4, -0.2) is 23.7 Å². The minimum Gasteiger partial charge on any atom is -0.480 e. The van der Waals surface area contributed by atoms with E-state index in [0.717, 1.165) is 24.9 Å². The molecule has 0 spiro atoms. The largest absolute Gasteiger partial charge is 0.480 e. The summed E-state index contributed by atoms with van der Waals surface area (Å²) >= 11 is 0. The number of fused-ring (bicyclic) bond motifs is 1. The number of para-hydroxylation sites is 1. The lowest BCUT2D eigenvalue weighted by molar-refractivity contribution is -0.135. The Morgan fingerprint density at radius 1 is 1.05 bits per heavy atom. The molecule has 21 heavy (non-hydrogen) atoms. The molecule has 3 nitrogen and oxygen atoms in total. The van der Waals surface area contributed by atoms with Gasteiger partial charge in [0.25, 0.3) is 0 Å². The van der Waals surface area contributed by atoms with Crippen molar-refractivity contribution in [3.63, 3.8) is 0 Å². The van der Waals surface area contributed by atoms with Crippen LogP contribution in [0.1, 0.15) is 17.5 Å². The Morgan fingerprint density at radius 2 is 1.71 bits per heavy atom. The van der Waals surface area contributed by atoms with E-state index in [2.05, 4.69) is 24.3 Å². The van der Waals surface area contributed by atoms with E-state index in [4.69, 9.17) is 0 Å². The van der Waals surface area contributed by atoms with Crippen molar-refractivity contribution in [2.75, 3.05) is 11.4 Å². The van der Waals surface area contributed by atoms with Gasteiger partial charge in [-0.3, -0.25) is 4.79 Å². The quantitative estimate of drug-likeness (QED) is 0.936. The summed E-state index contributed by atoms with van der Waals surface area (Å²) in [6.07, 6.45) is 2.93. The first-order chi connectivity index (χ1) is 10.2. The number of carboxylic acid groups (broad SMARTS) is 1. The molecule has 0 radical (unpaired) electrons. The van der Waals surface area contributed by atoms with E-state index in [0.29, 0.717) is 0 Å². The van der Waals surface area contributed by atoms with Crippen molar-refractivity contribution in [2.45, 2.75) is 25.3 Å². The lowest BCUT2D eigenvalue weighted by atomic mass is 9.87. The zero-order chi connectivity index (χ0) is 14.7. The average Bonchev–Trinajstić information content (AvgIpc) is 2.53. The predicted molar refractivity (Wildman–Crippen MR) is 83.7 cm³/mol. The van der Waals surface area contributed by atoms with Crippen LogP contribution >= 0.6 is 0 Å². The average molecular weight is 281 g/mol. The Bertz CT molecular complexity index is 624. The molecule has 0 saturated heterocycles. The summed E-state index contributed by atoms with van der Waals surface area (Å²) in [6, 6.07) is 18.6. The van der Waals surface area contributed by atoms with Crippen molar-refractivity contribution in [3.8, 4) is 0 Å². The van der Waals surface area contributed by atoms with Gasteiger partial charge in [0.1, 0.15) is 6.54 Å². The van der Waals surface area contributed by atoms with Gasteiger partial charge in [0.2, 0.25) is 0 Å². The highest BCUT2D eigenvalue weighted by Gasteiger charge is 2.25. The predicted octanol–water partition coefficient (Wildman–Crippen LogP) is 3.14. The summed E-state index contributed by atoms with van der Waals surface area (Å²) in [7, 11) is 0. The first kappa shape index (κ1) is 13.7. The van der Waals surface area contributed by atoms with E-state index >= 15 is 0 Å². The number of benzene rings is 2. The molecule has 3 heteroatoms. The fourth-order valence-electron chi connectivity index (χ4n) is 3.14. The summed E-state index contributed by atoms with van der Waals surface area (Å²) in [5, 5.41) is 9.23. The highest BCUT2D eigenvalue weighted by atomic mass is 16.4. The summed E-state index contributed by atoms with van der Waals surface area (Å²) in [5.41, 5.74) is 3.74. The third kappa shape index (κ3) is 3.07. The fourth-order valence-corrected chi connectivity index (χ4v) is 3.14. The Morgan fingerprint density at radius 3 is 2.43 bits per heavy atom. The maximum absolute atomic E-state index is 11.2. The number of hydrogen-bond donors (Lipinski definition) is 1. The minimum atomic E-state index is -0.780. The van der Waals surface area contributed by atoms with Crippen LogP contribution < -0.4 is 4.90 Å². The van der Waals surface area contributed by atoms with Crippen LogP contribution in [0.25, 0.3) is 0 Å². The molecule has 1 atom stereocenters. The van der Waals surface area contributed by atoms with Gasteiger partial charge in [-0.15, -0.1) is 0 Å². The molecular formula is C18H19NO2. The standard InChI is InChI=1S/C18H19NO2/c20-18(21)13-19(16-8-2-1-3-9-16)17-11-10-14-6-4-5-7-15(14)12-17/h1-9,17H,10-13H2,(H,20,21). The van der Waals surface area contributed by atoms with E-state index in [1.807, 2.05) is 35.2 Å². The maximum Gasteiger partial charge on any atom is 0.323 e. The number of aryl methyl sites for hydroxylation is 1. The fraction of sp³-hybridized carbons (Fsp3) is 0.278. The Labute approximate surface area is 124 Å². The smallest absolute Gasteiger partial charge is 0.323 e. The molecule has 0 saturated carbocycles. The number of aliphatic carboxylic acids is 1. The number of carbonyl (C=O) groups is 1. The van der Waals surface area contributed by atoms with E-state index in [1.165, 1.54) is 11.1 Å². The van der Waals surface area contributed by atoms with Gasteiger partial charge < -0.3 is 10.0 Å². The molecule has 0 aromatic heterocycles. The monoisotopic (exact) mass is 281 g/mol. The van der Waals surface area contributed by atoms with Crippen LogP contribution in [0.15, 0.2) is 54.6 Å². The molecule has 1 N–H and O–H groups in total. The van der Waals surface area contributed by atoms with Crippen molar-refractivity contribution in [2.24, 2.45) is 0 Å². The zero-order valence-corrected chi connectivity index (χ0v) is 11.9. The maximum atomic E-state index is 11.2. The molecule has 108 valence electrons. The van der Waals surface area contributed by atoms with Crippen molar-refractivity contribution >= 4 is 11.7 Å². The van der Waals surface area contributed by atoms with Crippen LogP contribution in [0.5, 0.6) is 0 Å². The van der Waals surface area contributed by atoms with Crippen LogP contribution in [-0.2, 0) is 17.6 Å². The number of carboxylic acids is 1. The van der Waals surface area contributed by atoms with Crippen LogP contribution in [0.4, 0.5) is 5.69 Å². The second-order valence-corrected chi connectivity index (χ2v) is 5.52. The van der Waals surface area contributed by atoms with E-state index < -0.39 is 5.97 Å². The summed E-state index contributed by atoms with van der Waals surface area (Å²) in [4.78, 5) is 13.3. The number of rotatable bonds is 4.